The highest BCUT2D eigenvalue weighted by molar-refractivity contribution is 5.73. The van der Waals surface area contributed by atoms with Crippen molar-refractivity contribution in [2.75, 3.05) is 0 Å². The molecule has 0 aromatic heterocycles. The molecule has 122 valence electrons. The third-order valence-corrected chi connectivity index (χ3v) is 3.43. The number of hydrogen-bond donors (Lipinski definition) is 2. The van der Waals surface area contributed by atoms with Crippen molar-refractivity contribution in [3.8, 4) is 5.75 Å². The second-order valence-electron chi connectivity index (χ2n) is 5.77. The highest BCUT2D eigenvalue weighted by atomic mass is 16.5. The molecule has 1 atom stereocenters. The molecule has 0 fully saturated rings. The third kappa shape index (κ3) is 5.75. The van der Waals surface area contributed by atoms with Gasteiger partial charge in [-0.15, -0.1) is 0 Å². The van der Waals surface area contributed by atoms with Crippen LogP contribution in [-0.2, 0) is 17.8 Å². The molecule has 2 N–H and O–H groups in total. The first-order valence-corrected chi connectivity index (χ1v) is 7.80. The van der Waals surface area contributed by atoms with Gasteiger partial charge in [-0.3, -0.25) is 4.79 Å². The minimum absolute atomic E-state index is 0.140. The Hall–Kier alpha value is -2.33. The lowest BCUT2D eigenvalue weighted by Crippen LogP contribution is -2.38. The van der Waals surface area contributed by atoms with Crippen molar-refractivity contribution in [2.45, 2.75) is 39.0 Å². The molecule has 0 saturated carbocycles. The minimum atomic E-state index is -0.839. The fourth-order valence-electron chi connectivity index (χ4n) is 2.30. The number of ether oxygens (including phenoxy) is 1. The molecule has 0 spiro atoms. The largest absolute Gasteiger partial charge is 0.491 e. The predicted molar refractivity (Wildman–Crippen MR) is 90.6 cm³/mol. The first-order chi connectivity index (χ1) is 11.0. The second-order valence-corrected chi connectivity index (χ2v) is 5.77. The van der Waals surface area contributed by atoms with Gasteiger partial charge in [0.2, 0.25) is 0 Å². The molecule has 0 unspecified atom stereocenters. The number of carboxylic acids is 1. The molecule has 0 saturated heterocycles. The van der Waals surface area contributed by atoms with Gasteiger partial charge in [0, 0.05) is 6.54 Å². The Morgan fingerprint density at radius 2 is 1.70 bits per heavy atom. The number of rotatable bonds is 8. The fourth-order valence-corrected chi connectivity index (χ4v) is 2.30. The zero-order valence-corrected chi connectivity index (χ0v) is 13.5. The van der Waals surface area contributed by atoms with E-state index in [1.165, 1.54) is 0 Å². The van der Waals surface area contributed by atoms with Crippen molar-refractivity contribution in [2.24, 2.45) is 0 Å². The van der Waals surface area contributed by atoms with Gasteiger partial charge < -0.3 is 15.2 Å². The van der Waals surface area contributed by atoms with E-state index in [0.29, 0.717) is 13.0 Å². The summed E-state index contributed by atoms with van der Waals surface area (Å²) in [7, 11) is 0. The molecule has 0 aliphatic heterocycles. The molecular formula is C19H23NO3. The van der Waals surface area contributed by atoms with E-state index in [1.807, 2.05) is 68.4 Å². The van der Waals surface area contributed by atoms with Gasteiger partial charge in [0.1, 0.15) is 11.8 Å². The van der Waals surface area contributed by atoms with E-state index in [2.05, 4.69) is 5.32 Å². The van der Waals surface area contributed by atoms with E-state index >= 15 is 0 Å². The number of benzene rings is 2. The van der Waals surface area contributed by atoms with Crippen LogP contribution in [0.4, 0.5) is 0 Å². The average molecular weight is 313 g/mol. The standard InChI is InChI=1S/C19H23NO3/c1-14(2)23-17-10-8-16(9-11-17)13-20-18(19(21)22)12-15-6-4-3-5-7-15/h3-11,14,18,20H,12-13H2,1-2H3,(H,21,22)/t18-/m0/s1. The van der Waals surface area contributed by atoms with Crippen LogP contribution in [0.1, 0.15) is 25.0 Å². The molecule has 0 aliphatic rings. The molecular weight excluding hydrogens is 290 g/mol. The highest BCUT2D eigenvalue weighted by Crippen LogP contribution is 2.14. The summed E-state index contributed by atoms with van der Waals surface area (Å²) < 4.78 is 5.60. The lowest BCUT2D eigenvalue weighted by molar-refractivity contribution is -0.139. The molecule has 2 rings (SSSR count). The van der Waals surface area contributed by atoms with E-state index in [-0.39, 0.29) is 6.10 Å². The minimum Gasteiger partial charge on any atom is -0.491 e. The lowest BCUT2D eigenvalue weighted by atomic mass is 10.1. The molecule has 0 radical (unpaired) electrons. The first-order valence-electron chi connectivity index (χ1n) is 7.80. The van der Waals surface area contributed by atoms with Crippen LogP contribution in [-0.4, -0.2) is 23.2 Å². The zero-order chi connectivity index (χ0) is 16.7. The lowest BCUT2D eigenvalue weighted by Gasteiger charge is -2.15. The molecule has 4 nitrogen and oxygen atoms in total. The molecule has 23 heavy (non-hydrogen) atoms. The van der Waals surface area contributed by atoms with Crippen LogP contribution in [0, 0.1) is 0 Å². The molecule has 2 aromatic rings. The normalized spacial score (nSPS) is 12.1. The zero-order valence-electron chi connectivity index (χ0n) is 13.5. The summed E-state index contributed by atoms with van der Waals surface area (Å²) in [5, 5.41) is 12.5. The Kier molecular flexibility index (Phi) is 6.18. The average Bonchev–Trinajstić information content (AvgIpc) is 2.53. The second kappa shape index (κ2) is 8.34. The fraction of sp³-hybridized carbons (Fsp3) is 0.316. The van der Waals surface area contributed by atoms with Crippen LogP contribution >= 0.6 is 0 Å². The smallest absolute Gasteiger partial charge is 0.321 e. The summed E-state index contributed by atoms with van der Waals surface area (Å²) in [6.45, 7) is 4.47. The Bertz CT molecular complexity index is 608. The maximum Gasteiger partial charge on any atom is 0.321 e. The number of aliphatic carboxylic acids is 1. The number of carbonyl (C=O) groups is 1. The van der Waals surface area contributed by atoms with Gasteiger partial charge in [-0.2, -0.15) is 0 Å². The maximum atomic E-state index is 11.4. The van der Waals surface area contributed by atoms with Crippen molar-refractivity contribution < 1.29 is 14.6 Å². The van der Waals surface area contributed by atoms with Crippen LogP contribution in [0.2, 0.25) is 0 Å². The highest BCUT2D eigenvalue weighted by Gasteiger charge is 2.17. The molecule has 4 heteroatoms. The first kappa shape index (κ1) is 17.0. The number of nitrogens with one attached hydrogen (secondary N) is 1. The van der Waals surface area contributed by atoms with Gasteiger partial charge in [-0.05, 0) is 43.5 Å². The van der Waals surface area contributed by atoms with E-state index in [9.17, 15) is 9.90 Å². The Morgan fingerprint density at radius 1 is 1.04 bits per heavy atom. The van der Waals surface area contributed by atoms with Crippen molar-refractivity contribution in [3.05, 3.63) is 65.7 Å². The number of hydrogen-bond acceptors (Lipinski definition) is 3. The molecule has 2 aromatic carbocycles. The Labute approximate surface area is 137 Å². The quantitative estimate of drug-likeness (QED) is 0.785. The topological polar surface area (TPSA) is 58.6 Å². The summed E-state index contributed by atoms with van der Waals surface area (Å²) in [5.74, 6) is -0.0172. The van der Waals surface area contributed by atoms with Gasteiger partial charge >= 0.3 is 5.97 Å². The molecule has 0 bridgehead atoms. The SMILES string of the molecule is CC(C)Oc1ccc(CN[C@@H](Cc2ccccc2)C(=O)O)cc1. The number of carboxylic acid groups (broad SMARTS) is 1. The molecule has 0 amide bonds. The summed E-state index contributed by atoms with van der Waals surface area (Å²) in [5.41, 5.74) is 2.04. The van der Waals surface area contributed by atoms with Crippen LogP contribution in [0.5, 0.6) is 5.75 Å². The Morgan fingerprint density at radius 3 is 2.26 bits per heavy atom. The monoisotopic (exact) mass is 313 g/mol. The molecule has 0 heterocycles. The van der Waals surface area contributed by atoms with Crippen LogP contribution in [0.15, 0.2) is 54.6 Å². The van der Waals surface area contributed by atoms with E-state index in [4.69, 9.17) is 4.74 Å². The van der Waals surface area contributed by atoms with E-state index in [0.717, 1.165) is 16.9 Å². The van der Waals surface area contributed by atoms with Gasteiger partial charge in [0.25, 0.3) is 0 Å². The van der Waals surface area contributed by atoms with Crippen molar-refractivity contribution in [1.29, 1.82) is 0 Å². The maximum absolute atomic E-state index is 11.4. The summed E-state index contributed by atoms with van der Waals surface area (Å²) in [4.78, 5) is 11.4. The van der Waals surface area contributed by atoms with Gasteiger partial charge in [-0.25, -0.2) is 0 Å². The van der Waals surface area contributed by atoms with Crippen LogP contribution < -0.4 is 10.1 Å². The Balaban J connectivity index is 1.92. The van der Waals surface area contributed by atoms with Crippen molar-refractivity contribution in [3.63, 3.8) is 0 Å². The summed E-state index contributed by atoms with van der Waals surface area (Å²) >= 11 is 0. The summed E-state index contributed by atoms with van der Waals surface area (Å²) in [6.07, 6.45) is 0.603. The van der Waals surface area contributed by atoms with Crippen molar-refractivity contribution >= 4 is 5.97 Å². The van der Waals surface area contributed by atoms with E-state index < -0.39 is 12.0 Å². The van der Waals surface area contributed by atoms with Gasteiger partial charge in [0.15, 0.2) is 0 Å². The van der Waals surface area contributed by atoms with Crippen LogP contribution in [0.3, 0.4) is 0 Å². The van der Waals surface area contributed by atoms with Gasteiger partial charge in [0.05, 0.1) is 6.10 Å². The van der Waals surface area contributed by atoms with Gasteiger partial charge in [-0.1, -0.05) is 42.5 Å². The third-order valence-electron chi connectivity index (χ3n) is 3.43. The molecule has 0 aliphatic carbocycles. The van der Waals surface area contributed by atoms with Crippen molar-refractivity contribution in [1.82, 2.24) is 5.32 Å². The summed E-state index contributed by atoms with van der Waals surface area (Å²) in [6, 6.07) is 16.7. The van der Waals surface area contributed by atoms with E-state index in [1.54, 1.807) is 0 Å². The predicted octanol–water partition coefficient (Wildman–Crippen LogP) is 3.26. The van der Waals surface area contributed by atoms with Crippen LogP contribution in [0.25, 0.3) is 0 Å².